The van der Waals surface area contributed by atoms with Crippen LogP contribution in [-0.4, -0.2) is 68.1 Å². The van der Waals surface area contributed by atoms with Crippen LogP contribution in [-0.2, 0) is 11.3 Å². The van der Waals surface area contributed by atoms with Gasteiger partial charge in [-0.25, -0.2) is 0 Å². The van der Waals surface area contributed by atoms with E-state index < -0.39 is 5.91 Å². The summed E-state index contributed by atoms with van der Waals surface area (Å²) in [5.74, 6) is 2.64. The molecule has 3 aromatic rings. The Morgan fingerprint density at radius 3 is 1.81 bits per heavy atom. The van der Waals surface area contributed by atoms with Crippen LogP contribution >= 0.6 is 0 Å². The minimum atomic E-state index is -0.467. The summed E-state index contributed by atoms with van der Waals surface area (Å²) in [4.78, 5) is 11.8. The van der Waals surface area contributed by atoms with Gasteiger partial charge < -0.3 is 0 Å². The SMILES string of the molecule is COc1cc([Se]c2cn(CC(N)=O)c3c(OC)c(OC)c(OC)cc23)cc(OC)c1OC. The first-order valence-electron chi connectivity index (χ1n) is 9.50. The van der Waals surface area contributed by atoms with Crippen LogP contribution in [0.5, 0.6) is 34.5 Å². The molecule has 0 atom stereocenters. The topological polar surface area (TPSA) is 103 Å². The van der Waals surface area contributed by atoms with Gasteiger partial charge in [0.2, 0.25) is 0 Å². The number of aromatic nitrogens is 1. The van der Waals surface area contributed by atoms with Gasteiger partial charge in [0.25, 0.3) is 0 Å². The first-order valence-corrected chi connectivity index (χ1v) is 11.2. The quantitative estimate of drug-likeness (QED) is 0.404. The number of benzene rings is 2. The zero-order valence-corrected chi connectivity index (χ0v) is 20.5. The molecular formula is C22H26N2O7Se. The van der Waals surface area contributed by atoms with Crippen LogP contribution in [0.4, 0.5) is 0 Å². The number of carbonyl (C=O) groups excluding carboxylic acids is 1. The Morgan fingerprint density at radius 2 is 1.34 bits per heavy atom. The number of amides is 1. The molecule has 0 spiro atoms. The van der Waals surface area contributed by atoms with Crippen molar-refractivity contribution in [3.05, 3.63) is 24.4 Å². The van der Waals surface area contributed by atoms with Gasteiger partial charge in [-0.05, 0) is 0 Å². The van der Waals surface area contributed by atoms with Crippen molar-refractivity contribution in [2.75, 3.05) is 42.7 Å². The van der Waals surface area contributed by atoms with Crippen LogP contribution in [0.15, 0.2) is 24.4 Å². The molecule has 1 aromatic heterocycles. The molecule has 2 N–H and O–H groups in total. The van der Waals surface area contributed by atoms with Crippen LogP contribution < -0.4 is 43.1 Å². The summed E-state index contributed by atoms with van der Waals surface area (Å²) in [5, 5.41) is 0.870. The average molecular weight is 509 g/mol. The molecule has 0 saturated heterocycles. The first-order chi connectivity index (χ1) is 15.4. The van der Waals surface area contributed by atoms with Crippen LogP contribution in [0, 0.1) is 0 Å². The second-order valence-electron chi connectivity index (χ2n) is 6.59. The predicted octanol–water partition coefficient (Wildman–Crippen LogP) is 0.833. The van der Waals surface area contributed by atoms with Crippen molar-refractivity contribution in [1.82, 2.24) is 4.57 Å². The van der Waals surface area contributed by atoms with E-state index in [9.17, 15) is 4.79 Å². The molecule has 3 rings (SSSR count). The molecule has 0 aliphatic carbocycles. The Kier molecular flexibility index (Phi) is 7.27. The van der Waals surface area contributed by atoms with Crippen molar-refractivity contribution in [1.29, 1.82) is 0 Å². The van der Waals surface area contributed by atoms with Gasteiger partial charge in [-0.15, -0.1) is 0 Å². The fraction of sp³-hybridized carbons (Fsp3) is 0.318. The summed E-state index contributed by atoms with van der Waals surface area (Å²) in [7, 11) is 9.36. The molecular weight excluding hydrogens is 483 g/mol. The van der Waals surface area contributed by atoms with Gasteiger partial charge in [-0.1, -0.05) is 0 Å². The van der Waals surface area contributed by atoms with Crippen molar-refractivity contribution in [3.63, 3.8) is 0 Å². The zero-order chi connectivity index (χ0) is 23.4. The number of nitrogens with zero attached hydrogens (tertiary/aromatic N) is 1. The Bertz CT molecular complexity index is 1120. The van der Waals surface area contributed by atoms with Crippen molar-refractivity contribution >= 4 is 40.7 Å². The van der Waals surface area contributed by atoms with E-state index in [1.54, 1.807) is 40.1 Å². The number of hydrogen-bond acceptors (Lipinski definition) is 7. The maximum atomic E-state index is 11.8. The van der Waals surface area contributed by atoms with Crippen molar-refractivity contribution in [2.45, 2.75) is 6.54 Å². The molecule has 10 heteroatoms. The molecule has 9 nitrogen and oxygen atoms in total. The standard InChI is InChI=1S/C22H26N2O7Se/c1-26-14-7-12(8-15(27-2)20(14)29-4)32-17-10-24(11-18(23)25)19-13(17)9-16(28-3)21(30-5)22(19)31-6/h7-10H,11H2,1-6H3,(H2,23,25). The second kappa shape index (κ2) is 9.93. The van der Waals surface area contributed by atoms with Gasteiger partial charge in [-0.3, -0.25) is 0 Å². The van der Waals surface area contributed by atoms with Crippen LogP contribution in [0.2, 0.25) is 0 Å². The maximum absolute atomic E-state index is 11.8. The van der Waals surface area contributed by atoms with Gasteiger partial charge >= 0.3 is 192 Å². The molecule has 0 fully saturated rings. The molecule has 1 heterocycles. The molecule has 1 amide bonds. The fourth-order valence-electron chi connectivity index (χ4n) is 3.51. The second-order valence-corrected chi connectivity index (χ2v) is 8.93. The van der Waals surface area contributed by atoms with E-state index in [0.717, 1.165) is 14.3 Å². The number of ether oxygens (including phenoxy) is 6. The Hall–Kier alpha value is -3.23. The summed E-state index contributed by atoms with van der Waals surface area (Å²) in [6, 6.07) is 5.70. The van der Waals surface area contributed by atoms with E-state index in [0.29, 0.717) is 40.0 Å². The van der Waals surface area contributed by atoms with Gasteiger partial charge in [0.15, 0.2) is 0 Å². The molecule has 32 heavy (non-hydrogen) atoms. The van der Waals surface area contributed by atoms with Crippen LogP contribution in [0.1, 0.15) is 0 Å². The van der Waals surface area contributed by atoms with E-state index in [4.69, 9.17) is 34.2 Å². The molecule has 0 aliphatic rings. The molecule has 0 aliphatic heterocycles. The van der Waals surface area contributed by atoms with E-state index >= 15 is 0 Å². The molecule has 172 valence electrons. The van der Waals surface area contributed by atoms with Crippen molar-refractivity contribution in [3.8, 4) is 34.5 Å². The third-order valence-electron chi connectivity index (χ3n) is 4.82. The number of hydrogen-bond donors (Lipinski definition) is 1. The normalized spacial score (nSPS) is 10.7. The monoisotopic (exact) mass is 510 g/mol. The Labute approximate surface area is 192 Å². The number of rotatable bonds is 10. The Morgan fingerprint density at radius 1 is 0.812 bits per heavy atom. The number of fused-ring (bicyclic) bond motifs is 1. The summed E-state index contributed by atoms with van der Waals surface area (Å²) >= 11 is -0.196. The van der Waals surface area contributed by atoms with Gasteiger partial charge in [0, 0.05) is 0 Å². The molecule has 0 saturated carbocycles. The van der Waals surface area contributed by atoms with E-state index in [1.807, 2.05) is 24.4 Å². The summed E-state index contributed by atoms with van der Waals surface area (Å²) in [6.07, 6.45) is 1.90. The number of carbonyl (C=O) groups is 1. The average Bonchev–Trinajstić information content (AvgIpc) is 3.12. The van der Waals surface area contributed by atoms with Crippen LogP contribution in [0.3, 0.4) is 0 Å². The van der Waals surface area contributed by atoms with Crippen molar-refractivity contribution in [2.24, 2.45) is 5.73 Å². The van der Waals surface area contributed by atoms with E-state index in [1.165, 1.54) is 7.11 Å². The molecule has 0 bridgehead atoms. The van der Waals surface area contributed by atoms with E-state index in [-0.39, 0.29) is 21.5 Å². The summed E-state index contributed by atoms with van der Waals surface area (Å²) in [6.45, 7) is -0.00627. The number of methoxy groups -OCH3 is 6. The van der Waals surface area contributed by atoms with Crippen molar-refractivity contribution < 1.29 is 33.2 Å². The van der Waals surface area contributed by atoms with Gasteiger partial charge in [0.05, 0.1) is 0 Å². The summed E-state index contributed by atoms with van der Waals surface area (Å²) in [5.41, 5.74) is 6.21. The molecule has 2 aromatic carbocycles. The zero-order valence-electron chi connectivity index (χ0n) is 18.8. The number of primary amides is 1. The third-order valence-corrected chi connectivity index (χ3v) is 6.95. The first kappa shape index (κ1) is 23.4. The molecule has 0 unspecified atom stereocenters. The molecule has 0 radical (unpaired) electrons. The fourth-order valence-corrected chi connectivity index (χ4v) is 5.67. The minimum absolute atomic E-state index is 0.00627. The van der Waals surface area contributed by atoms with Gasteiger partial charge in [0.1, 0.15) is 0 Å². The van der Waals surface area contributed by atoms with Crippen LogP contribution in [0.25, 0.3) is 10.9 Å². The predicted molar refractivity (Wildman–Crippen MR) is 122 cm³/mol. The third kappa shape index (κ3) is 4.24. The van der Waals surface area contributed by atoms with E-state index in [2.05, 4.69) is 0 Å². The van der Waals surface area contributed by atoms with Gasteiger partial charge in [-0.2, -0.15) is 0 Å². The summed E-state index contributed by atoms with van der Waals surface area (Å²) < 4.78 is 36.8. The number of nitrogens with two attached hydrogens (primary N) is 1. The Balaban J connectivity index is 2.24.